The van der Waals surface area contributed by atoms with Crippen LogP contribution in [-0.4, -0.2) is 30.6 Å². The summed E-state index contributed by atoms with van der Waals surface area (Å²) >= 11 is 0. The van der Waals surface area contributed by atoms with E-state index in [4.69, 9.17) is 5.73 Å². The number of nitrogens with two attached hydrogens (primary N) is 1. The van der Waals surface area contributed by atoms with Crippen LogP contribution in [-0.2, 0) is 0 Å². The minimum absolute atomic E-state index is 0.00694. The first-order valence-electron chi connectivity index (χ1n) is 4.73. The molecule has 2 atom stereocenters. The smallest absolute Gasteiger partial charge is 0.0318 e. The van der Waals surface area contributed by atoms with Gasteiger partial charge in [-0.2, -0.15) is 0 Å². The van der Waals surface area contributed by atoms with Gasteiger partial charge in [0.2, 0.25) is 0 Å². The van der Waals surface area contributed by atoms with Crippen LogP contribution < -0.4 is 5.73 Å². The molecule has 2 N–H and O–H groups in total. The highest BCUT2D eigenvalue weighted by molar-refractivity contribution is 5.06. The lowest BCUT2D eigenvalue weighted by Gasteiger charge is -2.40. The van der Waals surface area contributed by atoms with Crippen molar-refractivity contribution in [3.63, 3.8) is 0 Å². The van der Waals surface area contributed by atoms with Crippen LogP contribution in [0.4, 0.5) is 0 Å². The monoisotopic (exact) mass is 170 g/mol. The molecule has 1 fully saturated rings. The van der Waals surface area contributed by atoms with Crippen molar-refractivity contribution in [3.05, 3.63) is 0 Å². The SMILES string of the molecule is CN(C)C1C(C)(C)CCC1(C)N. The minimum Gasteiger partial charge on any atom is -0.324 e. The maximum absolute atomic E-state index is 6.26. The molecule has 72 valence electrons. The van der Waals surface area contributed by atoms with Gasteiger partial charge in [-0.15, -0.1) is 0 Å². The summed E-state index contributed by atoms with van der Waals surface area (Å²) in [6.45, 7) is 6.80. The largest absolute Gasteiger partial charge is 0.324 e. The molecule has 0 amide bonds. The van der Waals surface area contributed by atoms with Crippen molar-refractivity contribution in [1.29, 1.82) is 0 Å². The zero-order valence-corrected chi connectivity index (χ0v) is 9.02. The first-order valence-corrected chi connectivity index (χ1v) is 4.73. The summed E-state index contributed by atoms with van der Waals surface area (Å²) in [4.78, 5) is 2.27. The number of likely N-dealkylation sites (N-methyl/N-ethyl adjacent to an activating group) is 1. The van der Waals surface area contributed by atoms with E-state index < -0.39 is 0 Å². The molecule has 0 spiro atoms. The molecule has 0 saturated heterocycles. The zero-order valence-electron chi connectivity index (χ0n) is 9.02. The fraction of sp³-hybridized carbons (Fsp3) is 1.00. The Morgan fingerprint density at radius 1 is 1.17 bits per heavy atom. The Kier molecular flexibility index (Phi) is 2.26. The van der Waals surface area contributed by atoms with Gasteiger partial charge in [0.15, 0.2) is 0 Å². The van der Waals surface area contributed by atoms with Crippen molar-refractivity contribution in [2.45, 2.75) is 45.2 Å². The van der Waals surface area contributed by atoms with Gasteiger partial charge < -0.3 is 10.6 Å². The lowest BCUT2D eigenvalue weighted by atomic mass is 9.82. The molecule has 0 aromatic rings. The Morgan fingerprint density at radius 2 is 1.67 bits per heavy atom. The third-order valence-corrected chi connectivity index (χ3v) is 3.19. The van der Waals surface area contributed by atoms with Crippen molar-refractivity contribution >= 4 is 0 Å². The molecule has 2 nitrogen and oxygen atoms in total. The fourth-order valence-corrected chi connectivity index (χ4v) is 3.05. The van der Waals surface area contributed by atoms with Gasteiger partial charge in [0, 0.05) is 11.6 Å². The first-order chi connectivity index (χ1) is 5.27. The van der Waals surface area contributed by atoms with Crippen LogP contribution in [0.3, 0.4) is 0 Å². The topological polar surface area (TPSA) is 29.3 Å². The van der Waals surface area contributed by atoms with Crippen molar-refractivity contribution < 1.29 is 0 Å². The van der Waals surface area contributed by atoms with E-state index >= 15 is 0 Å². The minimum atomic E-state index is -0.00694. The molecular formula is C10H22N2. The van der Waals surface area contributed by atoms with E-state index in [2.05, 4.69) is 39.8 Å². The Bertz CT molecular complexity index is 155. The van der Waals surface area contributed by atoms with Crippen LogP contribution in [0.2, 0.25) is 0 Å². The van der Waals surface area contributed by atoms with E-state index in [-0.39, 0.29) is 5.54 Å². The summed E-state index contributed by atoms with van der Waals surface area (Å²) in [5.41, 5.74) is 6.62. The lowest BCUT2D eigenvalue weighted by Crippen LogP contribution is -2.55. The van der Waals surface area contributed by atoms with Gasteiger partial charge in [0.1, 0.15) is 0 Å². The van der Waals surface area contributed by atoms with E-state index in [0.29, 0.717) is 11.5 Å². The van der Waals surface area contributed by atoms with E-state index in [0.717, 1.165) is 6.42 Å². The molecule has 1 rings (SSSR count). The zero-order chi connectivity index (χ0) is 9.57. The summed E-state index contributed by atoms with van der Waals surface area (Å²) in [7, 11) is 4.26. The molecule has 0 bridgehead atoms. The summed E-state index contributed by atoms with van der Waals surface area (Å²) < 4.78 is 0. The van der Waals surface area contributed by atoms with E-state index in [1.807, 2.05) is 0 Å². The molecule has 1 aliphatic carbocycles. The summed E-state index contributed by atoms with van der Waals surface area (Å²) in [6, 6.07) is 0.505. The van der Waals surface area contributed by atoms with Gasteiger partial charge >= 0.3 is 0 Å². The molecule has 2 heteroatoms. The normalized spacial score (nSPS) is 40.8. The average molecular weight is 170 g/mol. The third-order valence-electron chi connectivity index (χ3n) is 3.19. The molecule has 0 aromatic carbocycles. The summed E-state index contributed by atoms with van der Waals surface area (Å²) in [5.74, 6) is 0. The van der Waals surface area contributed by atoms with Crippen molar-refractivity contribution in [2.24, 2.45) is 11.1 Å². The van der Waals surface area contributed by atoms with Crippen LogP contribution in [0, 0.1) is 5.41 Å². The van der Waals surface area contributed by atoms with E-state index in [1.165, 1.54) is 6.42 Å². The second-order valence-corrected chi connectivity index (χ2v) is 5.36. The molecule has 0 aromatic heterocycles. The predicted octanol–water partition coefficient (Wildman–Crippen LogP) is 1.45. The highest BCUT2D eigenvalue weighted by Crippen LogP contribution is 2.44. The quantitative estimate of drug-likeness (QED) is 0.645. The van der Waals surface area contributed by atoms with Crippen LogP contribution in [0.15, 0.2) is 0 Å². The molecule has 0 radical (unpaired) electrons. The van der Waals surface area contributed by atoms with Crippen molar-refractivity contribution in [1.82, 2.24) is 4.90 Å². The molecule has 0 aliphatic heterocycles. The predicted molar refractivity (Wildman–Crippen MR) is 53.1 cm³/mol. The second kappa shape index (κ2) is 2.71. The van der Waals surface area contributed by atoms with Crippen LogP contribution >= 0.6 is 0 Å². The molecular weight excluding hydrogens is 148 g/mol. The lowest BCUT2D eigenvalue weighted by molar-refractivity contribution is 0.125. The van der Waals surface area contributed by atoms with Gasteiger partial charge in [-0.05, 0) is 39.3 Å². The summed E-state index contributed by atoms with van der Waals surface area (Å²) in [5, 5.41) is 0. The molecule has 2 unspecified atom stereocenters. The average Bonchev–Trinajstić information content (AvgIpc) is 2.01. The van der Waals surface area contributed by atoms with Gasteiger partial charge in [-0.1, -0.05) is 13.8 Å². The van der Waals surface area contributed by atoms with Crippen LogP contribution in [0.5, 0.6) is 0 Å². The first kappa shape index (κ1) is 10.0. The van der Waals surface area contributed by atoms with Crippen LogP contribution in [0.1, 0.15) is 33.6 Å². The number of hydrogen-bond acceptors (Lipinski definition) is 2. The van der Waals surface area contributed by atoms with E-state index in [9.17, 15) is 0 Å². The molecule has 0 heterocycles. The van der Waals surface area contributed by atoms with Crippen molar-refractivity contribution in [2.75, 3.05) is 14.1 Å². The maximum Gasteiger partial charge on any atom is 0.0318 e. The van der Waals surface area contributed by atoms with E-state index in [1.54, 1.807) is 0 Å². The summed E-state index contributed by atoms with van der Waals surface area (Å²) in [6.07, 6.45) is 2.38. The standard InChI is InChI=1S/C10H22N2/c1-9(2)6-7-10(3,11)8(9)12(4)5/h8H,6-7,11H2,1-5H3. The number of nitrogens with zero attached hydrogens (tertiary/aromatic N) is 1. The maximum atomic E-state index is 6.26. The Morgan fingerprint density at radius 3 is 1.83 bits per heavy atom. The molecule has 1 aliphatic rings. The molecule has 12 heavy (non-hydrogen) atoms. The van der Waals surface area contributed by atoms with Gasteiger partial charge in [-0.3, -0.25) is 0 Å². The van der Waals surface area contributed by atoms with Gasteiger partial charge in [0.05, 0.1) is 0 Å². The van der Waals surface area contributed by atoms with Crippen molar-refractivity contribution in [3.8, 4) is 0 Å². The third kappa shape index (κ3) is 1.50. The van der Waals surface area contributed by atoms with Gasteiger partial charge in [-0.25, -0.2) is 0 Å². The highest BCUT2D eigenvalue weighted by atomic mass is 15.2. The number of rotatable bonds is 1. The second-order valence-electron chi connectivity index (χ2n) is 5.36. The van der Waals surface area contributed by atoms with Gasteiger partial charge in [0.25, 0.3) is 0 Å². The molecule has 1 saturated carbocycles. The Hall–Kier alpha value is -0.0800. The Labute approximate surface area is 76.1 Å². The van der Waals surface area contributed by atoms with Crippen LogP contribution in [0.25, 0.3) is 0 Å². The Balaban J connectivity index is 2.89. The fourth-order valence-electron chi connectivity index (χ4n) is 3.05. The number of hydrogen-bond donors (Lipinski definition) is 1. The highest BCUT2D eigenvalue weighted by Gasteiger charge is 2.48.